The predicted molar refractivity (Wildman–Crippen MR) is 113 cm³/mol. The smallest absolute Gasteiger partial charge is 0.192 e. The first-order chi connectivity index (χ1) is 14.1. The van der Waals surface area contributed by atoms with Crippen molar-refractivity contribution in [3.05, 3.63) is 41.5 Å². The Morgan fingerprint density at radius 3 is 2.59 bits per heavy atom. The minimum absolute atomic E-state index is 0.272. The molecule has 1 fully saturated rings. The molecule has 0 amide bonds. The van der Waals surface area contributed by atoms with Gasteiger partial charge in [-0.15, -0.1) is 10.2 Å². The van der Waals surface area contributed by atoms with Crippen molar-refractivity contribution in [3.63, 3.8) is 0 Å². The third-order valence-corrected chi connectivity index (χ3v) is 5.29. The highest BCUT2D eigenvalue weighted by molar-refractivity contribution is 5.80. The van der Waals surface area contributed by atoms with Crippen molar-refractivity contribution in [1.82, 2.24) is 25.4 Å². The van der Waals surface area contributed by atoms with Crippen LogP contribution in [0.2, 0.25) is 0 Å². The third kappa shape index (κ3) is 6.19. The number of aryl methyl sites for hydroxylation is 1. The Kier molecular flexibility index (Phi) is 7.46. The first-order valence-corrected chi connectivity index (χ1v) is 10.1. The molecule has 1 aliphatic carbocycles. The number of aliphatic imine (C=N–C) groups is 1. The van der Waals surface area contributed by atoms with Gasteiger partial charge in [0.1, 0.15) is 18.1 Å². The van der Waals surface area contributed by atoms with Gasteiger partial charge >= 0.3 is 0 Å². The van der Waals surface area contributed by atoms with E-state index >= 15 is 0 Å². The average Bonchev–Trinajstić information content (AvgIpc) is 3.53. The van der Waals surface area contributed by atoms with Crippen molar-refractivity contribution in [2.75, 3.05) is 27.4 Å². The zero-order valence-corrected chi connectivity index (χ0v) is 17.8. The van der Waals surface area contributed by atoms with E-state index in [0.29, 0.717) is 19.1 Å². The van der Waals surface area contributed by atoms with Gasteiger partial charge < -0.3 is 24.7 Å². The van der Waals surface area contributed by atoms with E-state index in [4.69, 9.17) is 14.5 Å². The van der Waals surface area contributed by atoms with Crippen LogP contribution in [-0.4, -0.2) is 54.1 Å². The molecule has 158 valence electrons. The Hall–Kier alpha value is -2.61. The lowest BCUT2D eigenvalue weighted by atomic mass is 10.1. The van der Waals surface area contributed by atoms with Gasteiger partial charge in [-0.1, -0.05) is 12.1 Å². The fraction of sp³-hybridized carbons (Fsp3) is 0.571. The zero-order valence-electron chi connectivity index (χ0n) is 17.8. The molecule has 8 nitrogen and oxygen atoms in total. The molecule has 0 saturated heterocycles. The van der Waals surface area contributed by atoms with Crippen LogP contribution in [0.4, 0.5) is 0 Å². The van der Waals surface area contributed by atoms with Gasteiger partial charge in [-0.25, -0.2) is 4.99 Å². The molecular weight excluding hydrogens is 368 g/mol. The third-order valence-electron chi connectivity index (χ3n) is 5.29. The van der Waals surface area contributed by atoms with Crippen LogP contribution in [0.25, 0.3) is 0 Å². The minimum atomic E-state index is 0.272. The Balaban J connectivity index is 1.62. The summed E-state index contributed by atoms with van der Waals surface area (Å²) in [5.41, 5.74) is 1.25. The molecule has 2 aromatic rings. The van der Waals surface area contributed by atoms with Crippen LogP contribution in [0, 0.1) is 12.8 Å². The molecule has 0 bridgehead atoms. The Morgan fingerprint density at radius 2 is 2.00 bits per heavy atom. The van der Waals surface area contributed by atoms with Crippen LogP contribution in [0.15, 0.2) is 29.3 Å². The molecule has 8 heteroatoms. The molecule has 1 aliphatic rings. The van der Waals surface area contributed by atoms with E-state index < -0.39 is 0 Å². The van der Waals surface area contributed by atoms with Crippen molar-refractivity contribution in [1.29, 1.82) is 0 Å². The van der Waals surface area contributed by atoms with Gasteiger partial charge in [-0.05, 0) is 49.8 Å². The van der Waals surface area contributed by atoms with Crippen LogP contribution in [0.1, 0.15) is 30.1 Å². The Labute approximate surface area is 172 Å². The van der Waals surface area contributed by atoms with Crippen LogP contribution in [-0.2, 0) is 24.8 Å². The van der Waals surface area contributed by atoms with Crippen molar-refractivity contribution >= 4 is 5.96 Å². The van der Waals surface area contributed by atoms with Gasteiger partial charge in [0.2, 0.25) is 0 Å². The highest BCUT2D eigenvalue weighted by atomic mass is 16.5. The van der Waals surface area contributed by atoms with Crippen molar-refractivity contribution < 1.29 is 9.47 Å². The number of guanidine groups is 1. The molecule has 1 atom stereocenters. The van der Waals surface area contributed by atoms with Gasteiger partial charge in [0, 0.05) is 20.7 Å². The number of rotatable bonds is 10. The van der Waals surface area contributed by atoms with Crippen molar-refractivity contribution in [3.8, 4) is 5.75 Å². The second-order valence-corrected chi connectivity index (χ2v) is 7.46. The average molecular weight is 401 g/mol. The van der Waals surface area contributed by atoms with E-state index in [9.17, 15) is 0 Å². The van der Waals surface area contributed by atoms with Gasteiger partial charge in [0.15, 0.2) is 11.8 Å². The molecular formula is C21H32N6O2. The number of hydrogen-bond acceptors (Lipinski definition) is 5. The number of nitrogens with one attached hydrogen (secondary N) is 2. The molecule has 29 heavy (non-hydrogen) atoms. The zero-order chi connectivity index (χ0) is 20.6. The highest BCUT2D eigenvalue weighted by Gasteiger charge is 2.31. The first kappa shape index (κ1) is 21.1. The van der Waals surface area contributed by atoms with Gasteiger partial charge in [-0.2, -0.15) is 0 Å². The molecule has 1 unspecified atom stereocenters. The summed E-state index contributed by atoms with van der Waals surface area (Å²) in [5.74, 6) is 4.03. The maximum atomic E-state index is 5.40. The molecule has 0 spiro atoms. The SMILES string of the molecule is COCC(NC(=NCc1nnc(C)n1C)NCCc1ccc(OC)cc1)C1CC1. The number of hydrogen-bond donors (Lipinski definition) is 2. The molecule has 1 aromatic carbocycles. The van der Waals surface area contributed by atoms with Crippen LogP contribution in [0.5, 0.6) is 5.75 Å². The van der Waals surface area contributed by atoms with Crippen LogP contribution >= 0.6 is 0 Å². The summed E-state index contributed by atoms with van der Waals surface area (Å²) in [5, 5.41) is 15.3. The van der Waals surface area contributed by atoms with Crippen molar-refractivity contribution in [2.45, 2.75) is 38.8 Å². The molecule has 0 aliphatic heterocycles. The second-order valence-electron chi connectivity index (χ2n) is 7.46. The lowest BCUT2D eigenvalue weighted by Gasteiger charge is -2.21. The summed E-state index contributed by atoms with van der Waals surface area (Å²) < 4.78 is 12.6. The number of aromatic nitrogens is 3. The Morgan fingerprint density at radius 1 is 1.24 bits per heavy atom. The van der Waals surface area contributed by atoms with E-state index in [-0.39, 0.29) is 6.04 Å². The lowest BCUT2D eigenvalue weighted by Crippen LogP contribution is -2.47. The van der Waals surface area contributed by atoms with E-state index in [2.05, 4.69) is 33.0 Å². The van der Waals surface area contributed by atoms with E-state index in [1.165, 1.54) is 18.4 Å². The van der Waals surface area contributed by atoms with E-state index in [1.807, 2.05) is 30.7 Å². The maximum absolute atomic E-state index is 5.40. The van der Waals surface area contributed by atoms with Crippen molar-refractivity contribution in [2.24, 2.45) is 18.0 Å². The second kappa shape index (κ2) is 10.2. The first-order valence-electron chi connectivity index (χ1n) is 10.1. The predicted octanol–water partition coefficient (Wildman–Crippen LogP) is 1.84. The summed E-state index contributed by atoms with van der Waals surface area (Å²) in [7, 11) is 5.38. The minimum Gasteiger partial charge on any atom is -0.497 e. The number of ether oxygens (including phenoxy) is 2. The van der Waals surface area contributed by atoms with Gasteiger partial charge in [-0.3, -0.25) is 0 Å². The summed E-state index contributed by atoms with van der Waals surface area (Å²) >= 11 is 0. The van der Waals surface area contributed by atoms with Gasteiger partial charge in [0.05, 0.1) is 19.8 Å². The maximum Gasteiger partial charge on any atom is 0.192 e. The normalized spacial score (nSPS) is 15.2. The fourth-order valence-corrected chi connectivity index (χ4v) is 3.16. The number of benzene rings is 1. The summed E-state index contributed by atoms with van der Waals surface area (Å²) in [6.45, 7) is 3.86. The number of nitrogens with zero attached hydrogens (tertiary/aromatic N) is 4. The molecule has 1 saturated carbocycles. The molecule has 1 aromatic heterocycles. The van der Waals surface area contributed by atoms with E-state index in [0.717, 1.165) is 36.3 Å². The summed E-state index contributed by atoms with van der Waals surface area (Å²) in [4.78, 5) is 4.75. The lowest BCUT2D eigenvalue weighted by molar-refractivity contribution is 0.165. The molecule has 0 radical (unpaired) electrons. The number of methoxy groups -OCH3 is 2. The topological polar surface area (TPSA) is 85.6 Å². The fourth-order valence-electron chi connectivity index (χ4n) is 3.16. The van der Waals surface area contributed by atoms with Gasteiger partial charge in [0.25, 0.3) is 0 Å². The van der Waals surface area contributed by atoms with E-state index in [1.54, 1.807) is 14.2 Å². The van der Waals surface area contributed by atoms with Crippen LogP contribution < -0.4 is 15.4 Å². The summed E-state index contributed by atoms with van der Waals surface area (Å²) in [6.07, 6.45) is 3.37. The largest absolute Gasteiger partial charge is 0.497 e. The van der Waals surface area contributed by atoms with Crippen LogP contribution in [0.3, 0.4) is 0 Å². The highest BCUT2D eigenvalue weighted by Crippen LogP contribution is 2.32. The quantitative estimate of drug-likeness (QED) is 0.468. The monoisotopic (exact) mass is 400 g/mol. The molecule has 3 rings (SSSR count). The molecule has 1 heterocycles. The Bertz CT molecular complexity index is 798. The summed E-state index contributed by atoms with van der Waals surface area (Å²) in [6, 6.07) is 8.42. The standard InChI is InChI=1S/C21H32N6O2/c1-15-25-26-20(27(15)2)13-23-21(24-19(14-28-3)17-7-8-17)22-12-11-16-5-9-18(29-4)10-6-16/h5-6,9-10,17,19H,7-8,11-14H2,1-4H3,(H2,22,23,24). The molecule has 2 N–H and O–H groups in total.